The highest BCUT2D eigenvalue weighted by molar-refractivity contribution is 14.1. The number of thiophene rings is 1. The Morgan fingerprint density at radius 2 is 2.21 bits per heavy atom. The first-order valence-corrected chi connectivity index (χ1v) is 6.45. The molecule has 0 amide bonds. The van der Waals surface area contributed by atoms with E-state index in [1.54, 1.807) is 17.4 Å². The minimum atomic E-state index is -0.884. The van der Waals surface area contributed by atoms with E-state index >= 15 is 0 Å². The van der Waals surface area contributed by atoms with Crippen LogP contribution in [-0.2, 0) is 0 Å². The van der Waals surface area contributed by atoms with Gasteiger partial charge in [-0.1, -0.05) is 0 Å². The fraction of sp³-hybridized carbons (Fsp3) is 0. The van der Waals surface area contributed by atoms with Gasteiger partial charge in [-0.15, -0.1) is 11.3 Å². The number of fused-ring (bicyclic) bond motifs is 1. The predicted molar refractivity (Wildman–Crippen MR) is 69.2 cm³/mol. The molecule has 0 atom stereocenters. The molecule has 2 aromatic rings. The fourth-order valence-electron chi connectivity index (χ4n) is 1.26. The Kier molecular flexibility index (Phi) is 2.81. The molecule has 0 bridgehead atoms. The number of benzene rings is 1. The van der Waals surface area contributed by atoms with Crippen molar-refractivity contribution >= 4 is 65.9 Å². The maximum absolute atomic E-state index is 11.0. The van der Waals surface area contributed by atoms with Gasteiger partial charge in [0.05, 0.1) is 5.56 Å². The summed E-state index contributed by atoms with van der Waals surface area (Å²) in [6.07, 6.45) is 0. The molecular formula is C9H4BrIO2S. The van der Waals surface area contributed by atoms with Gasteiger partial charge in [-0.05, 0) is 50.7 Å². The highest BCUT2D eigenvalue weighted by atomic mass is 127. The highest BCUT2D eigenvalue weighted by Gasteiger charge is 2.14. The van der Waals surface area contributed by atoms with Gasteiger partial charge in [0.1, 0.15) is 0 Å². The Morgan fingerprint density at radius 3 is 2.86 bits per heavy atom. The van der Waals surface area contributed by atoms with Gasteiger partial charge in [-0.25, -0.2) is 4.79 Å². The normalized spacial score (nSPS) is 10.7. The van der Waals surface area contributed by atoms with Crippen molar-refractivity contribution in [2.24, 2.45) is 0 Å². The number of carboxylic acids is 1. The van der Waals surface area contributed by atoms with E-state index in [1.807, 2.05) is 11.4 Å². The highest BCUT2D eigenvalue weighted by Crippen LogP contribution is 2.35. The van der Waals surface area contributed by atoms with Gasteiger partial charge in [-0.2, -0.15) is 0 Å². The summed E-state index contributed by atoms with van der Waals surface area (Å²) in [6, 6.07) is 3.47. The molecule has 2 rings (SSSR count). The summed E-state index contributed by atoms with van der Waals surface area (Å²) in [5.41, 5.74) is 0.355. The van der Waals surface area contributed by atoms with Crippen molar-refractivity contribution in [1.82, 2.24) is 0 Å². The molecule has 5 heteroatoms. The van der Waals surface area contributed by atoms with Gasteiger partial charge < -0.3 is 5.11 Å². The molecule has 2 nitrogen and oxygen atoms in total. The maximum Gasteiger partial charge on any atom is 0.336 e. The standard InChI is InChI=1S/C9H4BrIO2S/c10-5-3-14-8-6(11)2-1-4(7(5)8)9(12)13/h1-3H,(H,12,13). The predicted octanol–water partition coefficient (Wildman–Crippen LogP) is 3.97. The van der Waals surface area contributed by atoms with Crippen molar-refractivity contribution in [1.29, 1.82) is 0 Å². The van der Waals surface area contributed by atoms with Gasteiger partial charge in [0.2, 0.25) is 0 Å². The fourth-order valence-corrected chi connectivity index (χ4v) is 3.77. The lowest BCUT2D eigenvalue weighted by atomic mass is 10.1. The smallest absolute Gasteiger partial charge is 0.336 e. The number of hydrogen-bond acceptors (Lipinski definition) is 2. The zero-order valence-electron chi connectivity index (χ0n) is 6.75. The molecular weight excluding hydrogens is 379 g/mol. The summed E-state index contributed by atoms with van der Waals surface area (Å²) in [7, 11) is 0. The zero-order chi connectivity index (χ0) is 10.3. The van der Waals surface area contributed by atoms with Crippen molar-refractivity contribution in [2.45, 2.75) is 0 Å². The second-order valence-electron chi connectivity index (χ2n) is 2.69. The van der Waals surface area contributed by atoms with Crippen LogP contribution in [0.25, 0.3) is 10.1 Å². The van der Waals surface area contributed by atoms with Crippen LogP contribution in [0.4, 0.5) is 0 Å². The Morgan fingerprint density at radius 1 is 1.50 bits per heavy atom. The van der Waals surface area contributed by atoms with Crippen LogP contribution < -0.4 is 0 Å². The summed E-state index contributed by atoms with van der Waals surface area (Å²) < 4.78 is 2.96. The van der Waals surface area contributed by atoms with Crippen LogP contribution in [0.2, 0.25) is 0 Å². The topological polar surface area (TPSA) is 37.3 Å². The second kappa shape index (κ2) is 3.79. The Balaban J connectivity index is 2.92. The van der Waals surface area contributed by atoms with Crippen molar-refractivity contribution < 1.29 is 9.90 Å². The van der Waals surface area contributed by atoms with Crippen LogP contribution in [-0.4, -0.2) is 11.1 Å². The third-order valence-electron chi connectivity index (χ3n) is 1.86. The molecule has 0 aliphatic heterocycles. The number of carbonyl (C=O) groups is 1. The van der Waals surface area contributed by atoms with Crippen molar-refractivity contribution in [3.63, 3.8) is 0 Å². The molecule has 1 N–H and O–H groups in total. The number of hydrogen-bond donors (Lipinski definition) is 1. The first kappa shape index (κ1) is 10.4. The maximum atomic E-state index is 11.0. The second-order valence-corrected chi connectivity index (χ2v) is 5.58. The Labute approximate surface area is 106 Å². The van der Waals surface area contributed by atoms with E-state index in [9.17, 15) is 4.79 Å². The van der Waals surface area contributed by atoms with Gasteiger partial charge in [0, 0.05) is 23.5 Å². The van der Waals surface area contributed by atoms with Gasteiger partial charge in [0.25, 0.3) is 0 Å². The lowest BCUT2D eigenvalue weighted by molar-refractivity contribution is 0.0699. The number of carboxylic acid groups (broad SMARTS) is 1. The van der Waals surface area contributed by atoms with Crippen LogP contribution in [0.15, 0.2) is 22.0 Å². The van der Waals surface area contributed by atoms with E-state index in [-0.39, 0.29) is 0 Å². The third-order valence-corrected chi connectivity index (χ3v) is 5.07. The molecule has 0 saturated heterocycles. The lowest BCUT2D eigenvalue weighted by Crippen LogP contribution is -1.96. The number of aromatic carboxylic acids is 1. The summed E-state index contributed by atoms with van der Waals surface area (Å²) in [5.74, 6) is -0.884. The molecule has 1 aromatic carbocycles. The van der Waals surface area contributed by atoms with Crippen molar-refractivity contribution in [2.75, 3.05) is 0 Å². The van der Waals surface area contributed by atoms with Crippen molar-refractivity contribution in [3.05, 3.63) is 31.1 Å². The Bertz CT molecular complexity index is 521. The SMILES string of the molecule is O=C(O)c1ccc(I)c2scc(Br)c12. The molecule has 0 spiro atoms. The quantitative estimate of drug-likeness (QED) is 0.758. The van der Waals surface area contributed by atoms with E-state index in [2.05, 4.69) is 38.5 Å². The van der Waals surface area contributed by atoms with E-state index in [0.717, 1.165) is 18.1 Å². The van der Waals surface area contributed by atoms with Crippen LogP contribution in [0.3, 0.4) is 0 Å². The molecule has 0 aliphatic rings. The lowest BCUT2D eigenvalue weighted by Gasteiger charge is -1.99. The van der Waals surface area contributed by atoms with Gasteiger partial charge >= 0.3 is 5.97 Å². The molecule has 14 heavy (non-hydrogen) atoms. The average Bonchev–Trinajstić information content (AvgIpc) is 2.50. The largest absolute Gasteiger partial charge is 0.478 e. The van der Waals surface area contributed by atoms with Gasteiger partial charge in [0.15, 0.2) is 0 Å². The summed E-state index contributed by atoms with van der Waals surface area (Å²) in [6.45, 7) is 0. The van der Waals surface area contributed by atoms with E-state index in [4.69, 9.17) is 5.11 Å². The van der Waals surface area contributed by atoms with Crippen LogP contribution in [0.5, 0.6) is 0 Å². The first-order valence-electron chi connectivity index (χ1n) is 3.69. The molecule has 0 fully saturated rings. The minimum absolute atomic E-state index is 0.355. The molecule has 0 aliphatic carbocycles. The summed E-state index contributed by atoms with van der Waals surface area (Å²) >= 11 is 7.13. The first-order chi connectivity index (χ1) is 6.61. The summed E-state index contributed by atoms with van der Waals surface area (Å²) in [4.78, 5) is 11.0. The summed E-state index contributed by atoms with van der Waals surface area (Å²) in [5, 5.41) is 11.7. The molecule has 0 unspecified atom stereocenters. The van der Waals surface area contributed by atoms with Gasteiger partial charge in [-0.3, -0.25) is 0 Å². The molecule has 1 aromatic heterocycles. The number of halogens is 2. The minimum Gasteiger partial charge on any atom is -0.478 e. The third kappa shape index (κ3) is 1.57. The van der Waals surface area contributed by atoms with E-state index < -0.39 is 5.97 Å². The average molecular weight is 383 g/mol. The monoisotopic (exact) mass is 382 g/mol. The van der Waals surface area contributed by atoms with Crippen LogP contribution >= 0.6 is 49.9 Å². The Hall–Kier alpha value is -0.140. The van der Waals surface area contributed by atoms with Crippen molar-refractivity contribution in [3.8, 4) is 0 Å². The van der Waals surface area contributed by atoms with E-state index in [0.29, 0.717) is 5.56 Å². The number of rotatable bonds is 1. The molecule has 0 radical (unpaired) electrons. The van der Waals surface area contributed by atoms with E-state index in [1.165, 1.54) is 0 Å². The molecule has 1 heterocycles. The zero-order valence-corrected chi connectivity index (χ0v) is 11.3. The van der Waals surface area contributed by atoms with Crippen LogP contribution in [0.1, 0.15) is 10.4 Å². The molecule has 72 valence electrons. The van der Waals surface area contributed by atoms with Crippen LogP contribution in [0, 0.1) is 3.57 Å². The molecule has 0 saturated carbocycles.